The van der Waals surface area contributed by atoms with Gasteiger partial charge in [0.1, 0.15) is 17.2 Å². The molecule has 0 unspecified atom stereocenters. The summed E-state index contributed by atoms with van der Waals surface area (Å²) < 4.78 is 132. The van der Waals surface area contributed by atoms with Crippen LogP contribution in [-0.4, -0.2) is 9.97 Å². The van der Waals surface area contributed by atoms with Crippen LogP contribution in [-0.2, 0) is 18.8 Å². The topological polar surface area (TPSA) is 49.6 Å². The van der Waals surface area contributed by atoms with E-state index in [-0.39, 0.29) is 0 Å². The molecular formula is C14H3F10N3. The highest BCUT2D eigenvalue weighted by atomic mass is 19.4. The molecule has 1 aromatic carbocycles. The third kappa shape index (κ3) is 3.79. The van der Waals surface area contributed by atoms with Gasteiger partial charge in [-0.05, 0) is 6.07 Å². The Morgan fingerprint density at radius 2 is 1.26 bits per heavy atom. The lowest BCUT2D eigenvalue weighted by Crippen LogP contribution is -2.17. The highest BCUT2D eigenvalue weighted by molar-refractivity contribution is 5.60. The maximum Gasteiger partial charge on any atom is 0.433 e. The van der Waals surface area contributed by atoms with E-state index in [9.17, 15) is 43.9 Å². The van der Waals surface area contributed by atoms with E-state index >= 15 is 0 Å². The summed E-state index contributed by atoms with van der Waals surface area (Å²) in [7, 11) is 0. The molecule has 0 aliphatic carbocycles. The highest BCUT2D eigenvalue weighted by Gasteiger charge is 2.40. The maximum atomic E-state index is 14.3. The van der Waals surface area contributed by atoms with Gasteiger partial charge in [0.15, 0.2) is 23.3 Å². The van der Waals surface area contributed by atoms with E-state index in [1.165, 1.54) is 6.07 Å². The first-order valence-corrected chi connectivity index (χ1v) is 6.54. The number of benzene rings is 1. The Labute approximate surface area is 142 Å². The van der Waals surface area contributed by atoms with Gasteiger partial charge in [0.25, 0.3) is 0 Å². The van der Waals surface area contributed by atoms with E-state index in [0.29, 0.717) is 0 Å². The van der Waals surface area contributed by atoms with Crippen molar-refractivity contribution < 1.29 is 43.9 Å². The van der Waals surface area contributed by atoms with E-state index in [4.69, 9.17) is 5.26 Å². The summed E-state index contributed by atoms with van der Waals surface area (Å²) in [6.45, 7) is 0. The van der Waals surface area contributed by atoms with Gasteiger partial charge in [-0.15, -0.1) is 0 Å². The fourth-order valence-electron chi connectivity index (χ4n) is 1.96. The number of alkyl halides is 6. The summed E-state index contributed by atoms with van der Waals surface area (Å²) in [4.78, 5) is 5.19. The summed E-state index contributed by atoms with van der Waals surface area (Å²) in [6.07, 6.45) is -12.1. The smallest absolute Gasteiger partial charge is 0.223 e. The van der Waals surface area contributed by atoms with Gasteiger partial charge in [0.05, 0.1) is 18.1 Å². The normalized spacial score (nSPS) is 12.2. The standard InChI is InChI=1S/C14H3F10N3/c15-8-4(1-2-25)9(16)11(18)10(17)7(8)12-26-5(13(19,20)21)3-6(27-12)14(22,23)24/h3H,1H2. The monoisotopic (exact) mass is 403 g/mol. The largest absolute Gasteiger partial charge is 0.433 e. The van der Waals surface area contributed by atoms with Crippen molar-refractivity contribution in [3.8, 4) is 17.5 Å². The first-order valence-electron chi connectivity index (χ1n) is 6.54. The zero-order valence-corrected chi connectivity index (χ0v) is 12.4. The van der Waals surface area contributed by atoms with Gasteiger partial charge in [-0.3, -0.25) is 0 Å². The number of rotatable bonds is 2. The minimum absolute atomic E-state index is 0.518. The van der Waals surface area contributed by atoms with Gasteiger partial charge in [-0.1, -0.05) is 0 Å². The first-order chi connectivity index (χ1) is 12.3. The van der Waals surface area contributed by atoms with E-state index in [1.807, 2.05) is 0 Å². The second-order valence-electron chi connectivity index (χ2n) is 4.90. The Bertz CT molecular complexity index is 908. The fraction of sp³-hybridized carbons (Fsp3) is 0.214. The molecule has 1 heterocycles. The number of halogens is 10. The van der Waals surface area contributed by atoms with Crippen molar-refractivity contribution in [1.29, 1.82) is 5.26 Å². The molecule has 2 aromatic rings. The molecule has 3 nitrogen and oxygen atoms in total. The molecule has 0 atom stereocenters. The van der Waals surface area contributed by atoms with E-state index in [0.717, 1.165) is 0 Å². The number of nitrogens with zero attached hydrogens (tertiary/aromatic N) is 3. The van der Waals surface area contributed by atoms with Crippen molar-refractivity contribution in [2.45, 2.75) is 18.8 Å². The molecular weight excluding hydrogens is 400 g/mol. The van der Waals surface area contributed by atoms with Crippen molar-refractivity contribution in [3.05, 3.63) is 46.3 Å². The predicted molar refractivity (Wildman–Crippen MR) is 66.6 cm³/mol. The molecule has 13 heteroatoms. The molecule has 0 amide bonds. The van der Waals surface area contributed by atoms with Gasteiger partial charge in [-0.2, -0.15) is 31.6 Å². The Morgan fingerprint density at radius 3 is 1.67 bits per heavy atom. The number of aromatic nitrogens is 2. The average molecular weight is 403 g/mol. The molecule has 27 heavy (non-hydrogen) atoms. The third-order valence-corrected chi connectivity index (χ3v) is 3.14. The number of hydrogen-bond acceptors (Lipinski definition) is 3. The van der Waals surface area contributed by atoms with Gasteiger partial charge in [0.2, 0.25) is 0 Å². The van der Waals surface area contributed by atoms with Crippen molar-refractivity contribution in [3.63, 3.8) is 0 Å². The lowest BCUT2D eigenvalue weighted by molar-refractivity contribution is -0.147. The third-order valence-electron chi connectivity index (χ3n) is 3.14. The summed E-state index contributed by atoms with van der Waals surface area (Å²) in [5.74, 6) is -10.9. The van der Waals surface area contributed by atoms with Crippen molar-refractivity contribution in [2.24, 2.45) is 0 Å². The molecule has 0 bridgehead atoms. The maximum absolute atomic E-state index is 14.3. The fourth-order valence-corrected chi connectivity index (χ4v) is 1.96. The van der Waals surface area contributed by atoms with Crippen LogP contribution in [0.3, 0.4) is 0 Å². The quantitative estimate of drug-likeness (QED) is 0.411. The van der Waals surface area contributed by atoms with Crippen LogP contribution in [0.25, 0.3) is 11.4 Å². The number of nitriles is 1. The Balaban J connectivity index is 2.92. The molecule has 144 valence electrons. The van der Waals surface area contributed by atoms with Crippen LogP contribution >= 0.6 is 0 Å². The van der Waals surface area contributed by atoms with Crippen LogP contribution in [0.4, 0.5) is 43.9 Å². The van der Waals surface area contributed by atoms with Gasteiger partial charge < -0.3 is 0 Å². The number of hydrogen-bond donors (Lipinski definition) is 0. The van der Waals surface area contributed by atoms with Crippen LogP contribution in [0.5, 0.6) is 0 Å². The summed E-state index contributed by atoms with van der Waals surface area (Å²) in [6, 6.07) is 0.674. The highest BCUT2D eigenvalue weighted by Crippen LogP contribution is 2.37. The molecule has 0 saturated heterocycles. The van der Waals surface area contributed by atoms with Crippen LogP contribution in [0.15, 0.2) is 6.07 Å². The molecule has 0 aliphatic rings. The minimum Gasteiger partial charge on any atom is -0.223 e. The van der Waals surface area contributed by atoms with E-state index in [2.05, 4.69) is 9.97 Å². The van der Waals surface area contributed by atoms with Crippen LogP contribution in [0.1, 0.15) is 17.0 Å². The molecule has 0 aliphatic heterocycles. The molecule has 0 N–H and O–H groups in total. The Morgan fingerprint density at radius 1 is 0.778 bits per heavy atom. The average Bonchev–Trinajstić information content (AvgIpc) is 2.55. The van der Waals surface area contributed by atoms with Crippen LogP contribution < -0.4 is 0 Å². The van der Waals surface area contributed by atoms with Gasteiger partial charge in [0, 0.05) is 5.56 Å². The van der Waals surface area contributed by atoms with Crippen molar-refractivity contribution in [2.75, 3.05) is 0 Å². The Hall–Kier alpha value is -2.91. The molecule has 0 saturated carbocycles. The van der Waals surface area contributed by atoms with Crippen LogP contribution in [0, 0.1) is 34.6 Å². The lowest BCUT2D eigenvalue weighted by atomic mass is 10.0. The predicted octanol–water partition coefficient (Wildman–Crippen LogP) is 4.80. The second-order valence-corrected chi connectivity index (χ2v) is 4.90. The van der Waals surface area contributed by atoms with Crippen LogP contribution in [0.2, 0.25) is 0 Å². The first kappa shape index (κ1) is 20.4. The molecule has 0 fully saturated rings. The van der Waals surface area contributed by atoms with E-state index in [1.54, 1.807) is 0 Å². The van der Waals surface area contributed by atoms with Gasteiger partial charge >= 0.3 is 12.4 Å². The second kappa shape index (κ2) is 6.67. The molecule has 1 aromatic heterocycles. The van der Waals surface area contributed by atoms with Crippen molar-refractivity contribution in [1.82, 2.24) is 9.97 Å². The van der Waals surface area contributed by atoms with E-state index < -0.39 is 76.4 Å². The summed E-state index contributed by atoms with van der Waals surface area (Å²) >= 11 is 0. The Kier molecular flexibility index (Phi) is 5.04. The molecule has 0 radical (unpaired) electrons. The SMILES string of the molecule is N#CCc1c(F)c(F)c(F)c(-c2nc(C(F)(F)F)cc(C(F)(F)F)n2)c1F. The summed E-state index contributed by atoms with van der Waals surface area (Å²) in [5, 5.41) is 8.46. The minimum atomic E-state index is -5.47. The summed E-state index contributed by atoms with van der Waals surface area (Å²) in [5.41, 5.74) is -7.70. The zero-order valence-electron chi connectivity index (χ0n) is 12.4. The molecule has 0 spiro atoms. The van der Waals surface area contributed by atoms with Gasteiger partial charge in [-0.25, -0.2) is 27.5 Å². The zero-order chi connectivity index (χ0) is 20.7. The lowest BCUT2D eigenvalue weighted by Gasteiger charge is -2.14. The molecule has 2 rings (SSSR count). The van der Waals surface area contributed by atoms with Crippen molar-refractivity contribution >= 4 is 0 Å².